The van der Waals surface area contributed by atoms with Gasteiger partial charge in [0.15, 0.2) is 0 Å². The summed E-state index contributed by atoms with van der Waals surface area (Å²) in [6.45, 7) is 12.9. The zero-order chi connectivity index (χ0) is 16.2. The lowest BCUT2D eigenvalue weighted by molar-refractivity contribution is 0.134. The van der Waals surface area contributed by atoms with Crippen LogP contribution in [-0.4, -0.2) is 56.2 Å². The molecule has 0 radical (unpaired) electrons. The van der Waals surface area contributed by atoms with Gasteiger partial charge in [-0.3, -0.25) is 4.90 Å². The van der Waals surface area contributed by atoms with Gasteiger partial charge < -0.3 is 9.64 Å². The van der Waals surface area contributed by atoms with E-state index in [1.165, 1.54) is 5.56 Å². The van der Waals surface area contributed by atoms with Gasteiger partial charge in [-0.15, -0.1) is 12.4 Å². The first-order valence-corrected chi connectivity index (χ1v) is 8.64. The highest BCUT2D eigenvalue weighted by Gasteiger charge is 2.19. The van der Waals surface area contributed by atoms with Crippen molar-refractivity contribution in [2.45, 2.75) is 32.6 Å². The Hall–Kier alpha value is -0.480. The van der Waals surface area contributed by atoms with Crippen LogP contribution in [0.15, 0.2) is 18.2 Å². The topological polar surface area (TPSA) is 15.7 Å². The van der Waals surface area contributed by atoms with Crippen LogP contribution in [0.4, 0.5) is 0 Å². The molecule has 0 N–H and O–H groups in total. The van der Waals surface area contributed by atoms with Gasteiger partial charge in [0.05, 0.1) is 5.02 Å². The molecular formula is C18H30Cl2N2O. The van der Waals surface area contributed by atoms with Crippen molar-refractivity contribution in [2.24, 2.45) is 0 Å². The maximum absolute atomic E-state index is 6.39. The molecule has 0 spiro atoms. The molecule has 0 aromatic heterocycles. The molecule has 1 fully saturated rings. The third-order valence-corrected chi connectivity index (χ3v) is 5.15. The largest absolute Gasteiger partial charge is 0.491 e. The van der Waals surface area contributed by atoms with Crippen molar-refractivity contribution in [3.63, 3.8) is 0 Å². The fraction of sp³-hybridized carbons (Fsp3) is 0.667. The number of hydrogen-bond acceptors (Lipinski definition) is 3. The maximum atomic E-state index is 6.39. The van der Waals surface area contributed by atoms with Crippen LogP contribution in [0.1, 0.15) is 32.8 Å². The second kappa shape index (κ2) is 9.12. The van der Waals surface area contributed by atoms with Gasteiger partial charge in [-0.25, -0.2) is 0 Å². The highest BCUT2D eigenvalue weighted by Crippen LogP contribution is 2.33. The van der Waals surface area contributed by atoms with E-state index in [0.717, 1.165) is 49.9 Å². The van der Waals surface area contributed by atoms with Gasteiger partial charge in [-0.2, -0.15) is 0 Å². The third kappa shape index (κ3) is 5.82. The van der Waals surface area contributed by atoms with Gasteiger partial charge in [-0.1, -0.05) is 38.4 Å². The maximum Gasteiger partial charge on any atom is 0.137 e. The van der Waals surface area contributed by atoms with Crippen LogP contribution in [0.2, 0.25) is 5.02 Å². The minimum absolute atomic E-state index is 0. The summed E-state index contributed by atoms with van der Waals surface area (Å²) in [6.07, 6.45) is 1.09. The number of benzene rings is 1. The van der Waals surface area contributed by atoms with E-state index in [1.807, 2.05) is 6.07 Å². The lowest BCUT2D eigenvalue weighted by atomic mass is 9.82. The summed E-state index contributed by atoms with van der Waals surface area (Å²) >= 11 is 6.39. The smallest absolute Gasteiger partial charge is 0.137 e. The average molecular weight is 361 g/mol. The first-order chi connectivity index (χ1) is 10.4. The quantitative estimate of drug-likeness (QED) is 0.760. The van der Waals surface area contributed by atoms with Gasteiger partial charge in [0.1, 0.15) is 12.4 Å². The predicted molar refractivity (Wildman–Crippen MR) is 101 cm³/mol. The Balaban J connectivity index is 0.00000264. The van der Waals surface area contributed by atoms with Crippen LogP contribution in [-0.2, 0) is 5.41 Å². The summed E-state index contributed by atoms with van der Waals surface area (Å²) in [7, 11) is 2.17. The zero-order valence-corrected chi connectivity index (χ0v) is 16.3. The van der Waals surface area contributed by atoms with Crippen molar-refractivity contribution in [3.8, 4) is 5.75 Å². The number of ether oxygens (including phenoxy) is 1. The van der Waals surface area contributed by atoms with Crippen molar-refractivity contribution in [1.29, 1.82) is 0 Å². The van der Waals surface area contributed by atoms with Crippen molar-refractivity contribution < 1.29 is 4.74 Å². The Kier molecular flexibility index (Phi) is 8.15. The molecule has 0 atom stereocenters. The second-order valence-corrected chi connectivity index (χ2v) is 7.28. The van der Waals surface area contributed by atoms with Crippen molar-refractivity contribution >= 4 is 24.0 Å². The van der Waals surface area contributed by atoms with Crippen LogP contribution < -0.4 is 4.74 Å². The Morgan fingerprint density at radius 3 is 2.39 bits per heavy atom. The molecule has 0 unspecified atom stereocenters. The number of halogens is 2. The third-order valence-electron chi connectivity index (χ3n) is 4.86. The second-order valence-electron chi connectivity index (χ2n) is 6.88. The van der Waals surface area contributed by atoms with Gasteiger partial charge in [0.25, 0.3) is 0 Å². The van der Waals surface area contributed by atoms with Crippen LogP contribution in [0, 0.1) is 0 Å². The highest BCUT2D eigenvalue weighted by molar-refractivity contribution is 6.32. The van der Waals surface area contributed by atoms with E-state index >= 15 is 0 Å². The SMILES string of the molecule is CCC(C)(C)c1ccc(OCCN2CCN(C)CC2)c(Cl)c1.Cl. The van der Waals surface area contributed by atoms with Crippen molar-refractivity contribution in [3.05, 3.63) is 28.8 Å². The molecule has 0 bridgehead atoms. The first-order valence-electron chi connectivity index (χ1n) is 8.26. The van der Waals surface area contributed by atoms with Gasteiger partial charge in [0, 0.05) is 32.7 Å². The fourth-order valence-corrected chi connectivity index (χ4v) is 2.83. The molecule has 1 saturated heterocycles. The predicted octanol–water partition coefficient (Wildman–Crippen LogP) is 4.08. The number of piperazine rings is 1. The van der Waals surface area contributed by atoms with E-state index < -0.39 is 0 Å². The molecule has 3 nitrogen and oxygen atoms in total. The highest BCUT2D eigenvalue weighted by atomic mass is 35.5. The molecular weight excluding hydrogens is 331 g/mol. The molecule has 1 aliphatic heterocycles. The molecule has 0 saturated carbocycles. The normalized spacial score (nSPS) is 16.9. The average Bonchev–Trinajstić information content (AvgIpc) is 2.50. The van der Waals surface area contributed by atoms with E-state index in [-0.39, 0.29) is 17.8 Å². The number of hydrogen-bond donors (Lipinski definition) is 0. The molecule has 1 aromatic carbocycles. The number of nitrogens with zero attached hydrogens (tertiary/aromatic N) is 2. The fourth-order valence-electron chi connectivity index (χ4n) is 2.60. The Morgan fingerprint density at radius 1 is 1.17 bits per heavy atom. The molecule has 0 aliphatic carbocycles. The van der Waals surface area contributed by atoms with Crippen molar-refractivity contribution in [1.82, 2.24) is 9.80 Å². The molecule has 132 valence electrons. The molecule has 1 aliphatic rings. The van der Waals surface area contributed by atoms with Crippen LogP contribution in [0.5, 0.6) is 5.75 Å². The van der Waals surface area contributed by atoms with E-state index in [2.05, 4.69) is 49.8 Å². The Bertz CT molecular complexity index is 486. The van der Waals surface area contributed by atoms with E-state index in [0.29, 0.717) is 6.61 Å². The zero-order valence-electron chi connectivity index (χ0n) is 14.8. The lowest BCUT2D eigenvalue weighted by Gasteiger charge is -2.32. The number of likely N-dealkylation sites (N-methyl/N-ethyl adjacent to an activating group) is 1. The van der Waals surface area contributed by atoms with Crippen LogP contribution >= 0.6 is 24.0 Å². The Morgan fingerprint density at radius 2 is 1.83 bits per heavy atom. The first kappa shape index (κ1) is 20.6. The minimum atomic E-state index is 0. The lowest BCUT2D eigenvalue weighted by Crippen LogP contribution is -2.45. The van der Waals surface area contributed by atoms with Crippen LogP contribution in [0.3, 0.4) is 0 Å². The summed E-state index contributed by atoms with van der Waals surface area (Å²) in [5.74, 6) is 0.798. The molecule has 2 rings (SSSR count). The monoisotopic (exact) mass is 360 g/mol. The summed E-state index contributed by atoms with van der Waals surface area (Å²) in [4.78, 5) is 4.81. The van der Waals surface area contributed by atoms with Gasteiger partial charge >= 0.3 is 0 Å². The van der Waals surface area contributed by atoms with E-state index in [1.54, 1.807) is 0 Å². The van der Waals surface area contributed by atoms with E-state index in [4.69, 9.17) is 16.3 Å². The molecule has 5 heteroatoms. The standard InChI is InChI=1S/C18H29ClN2O.ClH/c1-5-18(2,3)15-6-7-17(16(19)14-15)22-13-12-21-10-8-20(4)9-11-21;/h6-7,14H,5,8-13H2,1-4H3;1H. The molecule has 0 amide bonds. The molecule has 23 heavy (non-hydrogen) atoms. The summed E-state index contributed by atoms with van der Waals surface area (Å²) < 4.78 is 5.88. The summed E-state index contributed by atoms with van der Waals surface area (Å²) in [5.41, 5.74) is 1.42. The van der Waals surface area contributed by atoms with Gasteiger partial charge in [0.2, 0.25) is 0 Å². The molecule has 1 heterocycles. The van der Waals surface area contributed by atoms with Crippen LogP contribution in [0.25, 0.3) is 0 Å². The minimum Gasteiger partial charge on any atom is -0.491 e. The summed E-state index contributed by atoms with van der Waals surface area (Å²) in [6, 6.07) is 6.20. The summed E-state index contributed by atoms with van der Waals surface area (Å²) in [5, 5.41) is 0.720. The van der Waals surface area contributed by atoms with E-state index in [9.17, 15) is 0 Å². The van der Waals surface area contributed by atoms with Crippen molar-refractivity contribution in [2.75, 3.05) is 46.4 Å². The van der Waals surface area contributed by atoms with Gasteiger partial charge in [-0.05, 0) is 36.6 Å². The number of rotatable bonds is 6. The Labute approximate surface area is 152 Å². The molecule has 1 aromatic rings.